The fraction of sp³-hybridized carbons (Fsp3) is 0.111. The van der Waals surface area contributed by atoms with Crippen LogP contribution in [0, 0.1) is 0 Å². The maximum atomic E-state index is 12.4. The van der Waals surface area contributed by atoms with E-state index in [0.717, 1.165) is 11.1 Å². The molecular weight excluding hydrogens is 292 g/mol. The summed E-state index contributed by atoms with van der Waals surface area (Å²) in [6.45, 7) is 4.79. The van der Waals surface area contributed by atoms with Gasteiger partial charge in [0.2, 0.25) is 5.90 Å². The molecule has 1 aliphatic rings. The number of hydrogen-bond acceptors (Lipinski definition) is 4. The van der Waals surface area contributed by atoms with Crippen LogP contribution in [0.15, 0.2) is 54.0 Å². The van der Waals surface area contributed by atoms with Crippen molar-refractivity contribution in [2.45, 2.75) is 0 Å². The molecule has 116 valence electrons. The van der Waals surface area contributed by atoms with Gasteiger partial charge in [0.05, 0.1) is 23.4 Å². The molecule has 1 amide bonds. The molecule has 0 spiro atoms. The molecule has 5 heteroatoms. The molecule has 0 unspecified atom stereocenters. The van der Waals surface area contributed by atoms with Crippen molar-refractivity contribution in [1.82, 2.24) is 0 Å². The van der Waals surface area contributed by atoms with Crippen molar-refractivity contribution in [2.75, 3.05) is 18.5 Å². The number of ether oxygens (including phenoxy) is 1. The molecule has 0 saturated carbocycles. The second-order valence-corrected chi connectivity index (χ2v) is 5.02. The van der Waals surface area contributed by atoms with Crippen LogP contribution in [0.5, 0.6) is 5.75 Å². The smallest absolute Gasteiger partial charge is 0.259 e. The first-order chi connectivity index (χ1) is 11.2. The fourth-order valence-corrected chi connectivity index (χ4v) is 2.33. The Balaban J connectivity index is 1.87. The van der Waals surface area contributed by atoms with Crippen molar-refractivity contribution in [3.05, 3.63) is 65.7 Å². The van der Waals surface area contributed by atoms with E-state index in [0.29, 0.717) is 24.7 Å². The number of phenolic OH excluding ortho intramolecular Hbond substituents is 1. The van der Waals surface area contributed by atoms with E-state index in [2.05, 4.69) is 16.9 Å². The lowest BCUT2D eigenvalue weighted by Crippen LogP contribution is -2.15. The molecule has 2 N–H and O–H groups in total. The largest absolute Gasteiger partial charge is 0.507 e. The molecule has 0 radical (unpaired) electrons. The highest BCUT2D eigenvalue weighted by atomic mass is 16.5. The van der Waals surface area contributed by atoms with Gasteiger partial charge in [0.1, 0.15) is 12.4 Å². The highest BCUT2D eigenvalue weighted by Gasteiger charge is 2.17. The molecule has 0 aromatic heterocycles. The number of hydrogen-bond donors (Lipinski definition) is 2. The van der Waals surface area contributed by atoms with Crippen molar-refractivity contribution in [2.24, 2.45) is 4.99 Å². The van der Waals surface area contributed by atoms with Crippen molar-refractivity contribution >= 4 is 23.6 Å². The van der Waals surface area contributed by atoms with Gasteiger partial charge in [0.15, 0.2) is 0 Å². The van der Waals surface area contributed by atoms with Crippen LogP contribution in [0.2, 0.25) is 0 Å². The van der Waals surface area contributed by atoms with Crippen LogP contribution in [0.25, 0.3) is 6.08 Å². The lowest BCUT2D eigenvalue weighted by molar-refractivity contribution is 0.102. The number of phenols is 1. The Labute approximate surface area is 133 Å². The topological polar surface area (TPSA) is 70.9 Å². The first-order valence-corrected chi connectivity index (χ1v) is 7.22. The minimum Gasteiger partial charge on any atom is -0.507 e. The molecule has 3 rings (SSSR count). The number of nitrogens with zero attached hydrogens (tertiary/aromatic N) is 1. The summed E-state index contributed by atoms with van der Waals surface area (Å²) in [6, 6.07) is 12.1. The Kier molecular flexibility index (Phi) is 4.10. The van der Waals surface area contributed by atoms with E-state index in [1.165, 1.54) is 6.07 Å². The van der Waals surface area contributed by atoms with E-state index in [1.807, 2.05) is 18.2 Å². The molecule has 2 aromatic rings. The zero-order valence-corrected chi connectivity index (χ0v) is 12.5. The Hall–Kier alpha value is -3.08. The number of nitrogens with one attached hydrogen (secondary N) is 1. The Bertz CT molecular complexity index is 797. The van der Waals surface area contributed by atoms with E-state index < -0.39 is 5.91 Å². The summed E-state index contributed by atoms with van der Waals surface area (Å²) in [5.74, 6) is 0.0307. The lowest BCUT2D eigenvalue weighted by Gasteiger charge is -2.11. The van der Waals surface area contributed by atoms with Gasteiger partial charge in [-0.3, -0.25) is 4.79 Å². The summed E-state index contributed by atoms with van der Waals surface area (Å²) in [7, 11) is 0. The summed E-state index contributed by atoms with van der Waals surface area (Å²) in [5.41, 5.74) is 2.25. The number of anilines is 1. The SMILES string of the molecule is C=Cc1ccc(C(=O)Nc2ccccc2C2=NCCO2)c(O)c1. The Morgan fingerprint density at radius 2 is 2.13 bits per heavy atom. The Morgan fingerprint density at radius 3 is 2.83 bits per heavy atom. The van der Waals surface area contributed by atoms with Gasteiger partial charge in [-0.05, 0) is 29.8 Å². The number of para-hydroxylation sites is 1. The van der Waals surface area contributed by atoms with Gasteiger partial charge in [-0.2, -0.15) is 0 Å². The average molecular weight is 308 g/mol. The van der Waals surface area contributed by atoms with Crippen molar-refractivity contribution < 1.29 is 14.6 Å². The van der Waals surface area contributed by atoms with E-state index in [-0.39, 0.29) is 11.3 Å². The average Bonchev–Trinajstić information content (AvgIpc) is 3.09. The van der Waals surface area contributed by atoms with Crippen LogP contribution in [-0.4, -0.2) is 30.1 Å². The second kappa shape index (κ2) is 6.36. The predicted molar refractivity (Wildman–Crippen MR) is 89.9 cm³/mol. The molecular formula is C18H16N2O3. The minimum atomic E-state index is -0.399. The molecule has 0 aliphatic carbocycles. The highest BCUT2D eigenvalue weighted by Crippen LogP contribution is 2.23. The number of benzene rings is 2. The lowest BCUT2D eigenvalue weighted by atomic mass is 10.1. The van der Waals surface area contributed by atoms with Crippen LogP contribution in [-0.2, 0) is 4.74 Å². The third kappa shape index (κ3) is 3.08. The summed E-state index contributed by atoms with van der Waals surface area (Å²) < 4.78 is 5.46. The summed E-state index contributed by atoms with van der Waals surface area (Å²) in [5, 5.41) is 12.8. The Morgan fingerprint density at radius 1 is 1.30 bits per heavy atom. The van der Waals surface area contributed by atoms with Gasteiger partial charge in [-0.15, -0.1) is 0 Å². The zero-order chi connectivity index (χ0) is 16.2. The molecule has 1 heterocycles. The summed E-state index contributed by atoms with van der Waals surface area (Å²) in [6.07, 6.45) is 1.60. The molecule has 0 bridgehead atoms. The van der Waals surface area contributed by atoms with Gasteiger partial charge < -0.3 is 15.2 Å². The molecule has 0 atom stereocenters. The summed E-state index contributed by atoms with van der Waals surface area (Å²) >= 11 is 0. The van der Waals surface area contributed by atoms with Crippen LogP contribution < -0.4 is 5.32 Å². The van der Waals surface area contributed by atoms with E-state index in [9.17, 15) is 9.90 Å². The number of aromatic hydroxyl groups is 1. The molecule has 5 nitrogen and oxygen atoms in total. The quantitative estimate of drug-likeness (QED) is 0.912. The highest BCUT2D eigenvalue weighted by molar-refractivity contribution is 6.10. The maximum absolute atomic E-state index is 12.4. The van der Waals surface area contributed by atoms with Gasteiger partial charge >= 0.3 is 0 Å². The third-order valence-corrected chi connectivity index (χ3v) is 3.49. The van der Waals surface area contributed by atoms with E-state index in [1.54, 1.807) is 24.3 Å². The van der Waals surface area contributed by atoms with Gasteiger partial charge in [-0.1, -0.05) is 30.9 Å². The monoisotopic (exact) mass is 308 g/mol. The van der Waals surface area contributed by atoms with Crippen LogP contribution in [0.4, 0.5) is 5.69 Å². The fourth-order valence-electron chi connectivity index (χ4n) is 2.33. The molecule has 0 fully saturated rings. The molecule has 0 saturated heterocycles. The molecule has 23 heavy (non-hydrogen) atoms. The number of rotatable bonds is 4. The van der Waals surface area contributed by atoms with E-state index >= 15 is 0 Å². The zero-order valence-electron chi connectivity index (χ0n) is 12.5. The predicted octanol–water partition coefficient (Wildman–Crippen LogP) is 3.06. The van der Waals surface area contributed by atoms with Crippen molar-refractivity contribution in [3.8, 4) is 5.75 Å². The van der Waals surface area contributed by atoms with Crippen LogP contribution in [0.3, 0.4) is 0 Å². The van der Waals surface area contributed by atoms with Crippen molar-refractivity contribution in [3.63, 3.8) is 0 Å². The van der Waals surface area contributed by atoms with Crippen LogP contribution in [0.1, 0.15) is 21.5 Å². The third-order valence-electron chi connectivity index (χ3n) is 3.49. The minimum absolute atomic E-state index is 0.0909. The number of aliphatic imine (C=N–C) groups is 1. The normalized spacial score (nSPS) is 13.1. The van der Waals surface area contributed by atoms with Crippen LogP contribution >= 0.6 is 0 Å². The summed E-state index contributed by atoms with van der Waals surface area (Å²) in [4.78, 5) is 16.7. The number of amides is 1. The van der Waals surface area contributed by atoms with Crippen molar-refractivity contribution in [1.29, 1.82) is 0 Å². The maximum Gasteiger partial charge on any atom is 0.259 e. The first-order valence-electron chi connectivity index (χ1n) is 7.22. The van der Waals surface area contributed by atoms with Gasteiger partial charge in [0.25, 0.3) is 5.91 Å². The second-order valence-electron chi connectivity index (χ2n) is 5.02. The number of carbonyl (C=O) groups is 1. The van der Waals surface area contributed by atoms with E-state index in [4.69, 9.17) is 4.74 Å². The van der Waals surface area contributed by atoms with Gasteiger partial charge in [0, 0.05) is 0 Å². The standard InChI is InChI=1S/C18H16N2O3/c1-2-12-7-8-14(16(21)11-12)17(22)20-15-6-4-3-5-13(15)18-19-9-10-23-18/h2-8,11,21H,1,9-10H2,(H,20,22). The molecule has 1 aliphatic heterocycles. The van der Waals surface area contributed by atoms with Gasteiger partial charge in [-0.25, -0.2) is 4.99 Å². The first kappa shape index (κ1) is 14.8. The molecule has 2 aromatic carbocycles. The number of carbonyl (C=O) groups excluding carboxylic acids is 1.